The molecule has 1 saturated heterocycles. The van der Waals surface area contributed by atoms with Gasteiger partial charge in [0.25, 0.3) is 0 Å². The Morgan fingerprint density at radius 2 is 2.14 bits per heavy atom. The maximum Gasteiger partial charge on any atom is 0.119 e. The van der Waals surface area contributed by atoms with Crippen molar-refractivity contribution in [2.75, 3.05) is 40.0 Å². The van der Waals surface area contributed by atoms with E-state index in [1.54, 1.807) is 7.11 Å². The first-order valence-electron chi connectivity index (χ1n) is 7.59. The Morgan fingerprint density at radius 1 is 1.38 bits per heavy atom. The van der Waals surface area contributed by atoms with Crippen molar-refractivity contribution in [3.63, 3.8) is 0 Å². The van der Waals surface area contributed by atoms with Crippen molar-refractivity contribution in [1.82, 2.24) is 4.90 Å². The van der Waals surface area contributed by atoms with E-state index in [4.69, 9.17) is 20.3 Å². The molecule has 5 nitrogen and oxygen atoms in total. The van der Waals surface area contributed by atoms with Crippen molar-refractivity contribution < 1.29 is 14.6 Å². The molecule has 3 N–H and O–H groups in total. The van der Waals surface area contributed by atoms with E-state index in [0.29, 0.717) is 13.2 Å². The van der Waals surface area contributed by atoms with Gasteiger partial charge in [-0.2, -0.15) is 0 Å². The third-order valence-electron chi connectivity index (χ3n) is 4.06. The average molecular weight is 294 g/mol. The highest BCUT2D eigenvalue weighted by Gasteiger charge is 2.25. The van der Waals surface area contributed by atoms with Crippen LogP contribution in [0.5, 0.6) is 5.75 Å². The second-order valence-electron chi connectivity index (χ2n) is 5.36. The summed E-state index contributed by atoms with van der Waals surface area (Å²) in [5, 5.41) is 8.81. The van der Waals surface area contributed by atoms with Crippen LogP contribution in [0.2, 0.25) is 0 Å². The molecule has 0 amide bonds. The maximum atomic E-state index is 8.81. The van der Waals surface area contributed by atoms with Gasteiger partial charge in [-0.25, -0.2) is 0 Å². The molecule has 118 valence electrons. The number of likely N-dealkylation sites (tertiary alicyclic amines) is 1. The number of nitrogens with zero attached hydrogens (tertiary/aromatic N) is 1. The van der Waals surface area contributed by atoms with E-state index < -0.39 is 0 Å². The van der Waals surface area contributed by atoms with E-state index in [1.807, 2.05) is 12.1 Å². The zero-order valence-corrected chi connectivity index (χ0v) is 12.7. The van der Waals surface area contributed by atoms with Crippen molar-refractivity contribution in [1.29, 1.82) is 0 Å². The molecular weight excluding hydrogens is 268 g/mol. The van der Waals surface area contributed by atoms with Gasteiger partial charge in [0.05, 0.1) is 26.4 Å². The van der Waals surface area contributed by atoms with Gasteiger partial charge in [0.2, 0.25) is 0 Å². The Kier molecular flexibility index (Phi) is 6.45. The van der Waals surface area contributed by atoms with Crippen LogP contribution >= 0.6 is 0 Å². The molecule has 1 atom stereocenters. The van der Waals surface area contributed by atoms with E-state index in [0.717, 1.165) is 31.7 Å². The second kappa shape index (κ2) is 8.34. The number of piperidine rings is 1. The predicted molar refractivity (Wildman–Crippen MR) is 82.4 cm³/mol. The minimum Gasteiger partial charge on any atom is -0.497 e. The first kappa shape index (κ1) is 16.2. The Labute approximate surface area is 126 Å². The van der Waals surface area contributed by atoms with Crippen molar-refractivity contribution >= 4 is 0 Å². The summed E-state index contributed by atoms with van der Waals surface area (Å²) < 4.78 is 10.9. The van der Waals surface area contributed by atoms with Gasteiger partial charge < -0.3 is 20.3 Å². The highest BCUT2D eigenvalue weighted by atomic mass is 16.5. The summed E-state index contributed by atoms with van der Waals surface area (Å²) in [5.74, 6) is 0.868. The first-order chi connectivity index (χ1) is 10.3. The van der Waals surface area contributed by atoms with Crippen LogP contribution in [-0.2, 0) is 4.74 Å². The number of hydrogen-bond donors (Lipinski definition) is 2. The summed E-state index contributed by atoms with van der Waals surface area (Å²) in [5.41, 5.74) is 7.20. The van der Waals surface area contributed by atoms with Crippen molar-refractivity contribution in [2.24, 2.45) is 5.73 Å². The Balaban J connectivity index is 1.96. The monoisotopic (exact) mass is 294 g/mol. The predicted octanol–water partition coefficient (Wildman–Crippen LogP) is 1.17. The van der Waals surface area contributed by atoms with Gasteiger partial charge in [-0.3, -0.25) is 4.90 Å². The lowest BCUT2D eigenvalue weighted by molar-refractivity contribution is -0.0148. The molecule has 1 heterocycles. The second-order valence-corrected chi connectivity index (χ2v) is 5.36. The van der Waals surface area contributed by atoms with Gasteiger partial charge >= 0.3 is 0 Å². The number of hydrogen-bond acceptors (Lipinski definition) is 5. The van der Waals surface area contributed by atoms with Crippen molar-refractivity contribution in [3.8, 4) is 5.75 Å². The molecular formula is C16H26N2O3. The summed E-state index contributed by atoms with van der Waals surface area (Å²) in [6.07, 6.45) is 2.23. The van der Waals surface area contributed by atoms with Crippen LogP contribution in [0, 0.1) is 0 Å². The number of aliphatic hydroxyl groups is 1. The largest absolute Gasteiger partial charge is 0.497 e. The lowest BCUT2D eigenvalue weighted by atomic mass is 10.0. The van der Waals surface area contributed by atoms with E-state index >= 15 is 0 Å². The molecule has 0 aromatic heterocycles. The molecule has 1 fully saturated rings. The molecule has 1 aliphatic heterocycles. The van der Waals surface area contributed by atoms with Crippen LogP contribution < -0.4 is 10.5 Å². The molecule has 1 aromatic rings. The Bertz CT molecular complexity index is 420. The molecule has 0 radical (unpaired) electrons. The summed E-state index contributed by atoms with van der Waals surface area (Å²) in [7, 11) is 1.68. The van der Waals surface area contributed by atoms with Gasteiger partial charge in [0, 0.05) is 25.7 Å². The summed E-state index contributed by atoms with van der Waals surface area (Å²) in [6.45, 7) is 3.05. The molecule has 0 bridgehead atoms. The third kappa shape index (κ3) is 4.41. The molecule has 21 heavy (non-hydrogen) atoms. The van der Waals surface area contributed by atoms with Crippen molar-refractivity contribution in [3.05, 3.63) is 29.8 Å². The fourth-order valence-electron chi connectivity index (χ4n) is 2.92. The molecule has 1 aliphatic rings. The van der Waals surface area contributed by atoms with Gasteiger partial charge in [-0.15, -0.1) is 0 Å². The van der Waals surface area contributed by atoms with E-state index in [2.05, 4.69) is 17.0 Å². The standard InChI is InChI=1S/C16H26N2O3/c1-20-15-4-2-3-13(11-15)16(12-17)18-7-5-14(6-8-18)21-10-9-19/h2-4,11,14,16,19H,5-10,12,17H2,1H3. The molecule has 2 rings (SSSR count). The van der Waals surface area contributed by atoms with Crippen LogP contribution in [-0.4, -0.2) is 56.1 Å². The van der Waals surface area contributed by atoms with E-state index in [1.165, 1.54) is 5.56 Å². The normalized spacial score (nSPS) is 18.6. The third-order valence-corrected chi connectivity index (χ3v) is 4.06. The summed E-state index contributed by atoms with van der Waals surface area (Å²) in [6, 6.07) is 8.35. The van der Waals surface area contributed by atoms with Crippen LogP contribution in [0.4, 0.5) is 0 Å². The Hall–Kier alpha value is -1.14. The smallest absolute Gasteiger partial charge is 0.119 e. The minimum absolute atomic E-state index is 0.0927. The molecule has 5 heteroatoms. The first-order valence-corrected chi connectivity index (χ1v) is 7.59. The number of nitrogens with two attached hydrogens (primary N) is 1. The minimum atomic E-state index is 0.0927. The van der Waals surface area contributed by atoms with Crippen LogP contribution in [0.3, 0.4) is 0 Å². The SMILES string of the molecule is COc1cccc(C(CN)N2CCC(OCCO)CC2)c1. The van der Waals surface area contributed by atoms with E-state index in [9.17, 15) is 0 Å². The number of methoxy groups -OCH3 is 1. The number of ether oxygens (including phenoxy) is 2. The number of benzene rings is 1. The highest BCUT2D eigenvalue weighted by molar-refractivity contribution is 5.30. The van der Waals surface area contributed by atoms with Crippen LogP contribution in [0.25, 0.3) is 0 Å². The molecule has 0 saturated carbocycles. The molecule has 0 aliphatic carbocycles. The maximum absolute atomic E-state index is 8.81. The average Bonchev–Trinajstić information content (AvgIpc) is 2.55. The number of rotatable bonds is 7. The van der Waals surface area contributed by atoms with Crippen LogP contribution in [0.1, 0.15) is 24.4 Å². The molecule has 1 unspecified atom stereocenters. The van der Waals surface area contributed by atoms with Crippen LogP contribution in [0.15, 0.2) is 24.3 Å². The fourth-order valence-corrected chi connectivity index (χ4v) is 2.92. The van der Waals surface area contributed by atoms with Gasteiger partial charge in [-0.1, -0.05) is 12.1 Å². The zero-order chi connectivity index (χ0) is 15.1. The summed E-state index contributed by atoms with van der Waals surface area (Å²) in [4.78, 5) is 2.41. The highest BCUT2D eigenvalue weighted by Crippen LogP contribution is 2.27. The lowest BCUT2D eigenvalue weighted by Gasteiger charge is -2.37. The summed E-state index contributed by atoms with van der Waals surface area (Å²) >= 11 is 0. The lowest BCUT2D eigenvalue weighted by Crippen LogP contribution is -2.42. The van der Waals surface area contributed by atoms with Crippen molar-refractivity contribution in [2.45, 2.75) is 25.0 Å². The molecule has 1 aromatic carbocycles. The quantitative estimate of drug-likeness (QED) is 0.790. The van der Waals surface area contributed by atoms with Gasteiger partial charge in [0.15, 0.2) is 0 Å². The van der Waals surface area contributed by atoms with Gasteiger partial charge in [-0.05, 0) is 30.5 Å². The fraction of sp³-hybridized carbons (Fsp3) is 0.625. The Morgan fingerprint density at radius 3 is 2.76 bits per heavy atom. The topological polar surface area (TPSA) is 68.0 Å². The molecule has 0 spiro atoms. The zero-order valence-electron chi connectivity index (χ0n) is 12.7. The van der Waals surface area contributed by atoms with Gasteiger partial charge in [0.1, 0.15) is 5.75 Å². The number of aliphatic hydroxyl groups excluding tert-OH is 1. The van der Waals surface area contributed by atoms with E-state index in [-0.39, 0.29) is 18.8 Å².